The maximum Gasteiger partial charge on any atom is 0.0663 e. The van der Waals surface area contributed by atoms with Gasteiger partial charge in [-0.25, -0.2) is 0 Å². The van der Waals surface area contributed by atoms with Gasteiger partial charge in [-0.15, -0.1) is 0 Å². The van der Waals surface area contributed by atoms with Crippen molar-refractivity contribution in [3.05, 3.63) is 35.4 Å². The van der Waals surface area contributed by atoms with Crippen LogP contribution in [0, 0.1) is 6.92 Å². The van der Waals surface area contributed by atoms with Crippen LogP contribution in [0.1, 0.15) is 37.4 Å². The van der Waals surface area contributed by atoms with E-state index in [9.17, 15) is 0 Å². The van der Waals surface area contributed by atoms with E-state index in [4.69, 9.17) is 10.5 Å². The normalized spacial score (nSPS) is 14.9. The summed E-state index contributed by atoms with van der Waals surface area (Å²) in [7, 11) is 0. The average Bonchev–Trinajstić information content (AvgIpc) is 2.26. The minimum atomic E-state index is -0.0137. The van der Waals surface area contributed by atoms with E-state index in [1.54, 1.807) is 0 Å². The SMILES string of the molecule is CCC(C)OCC(N)c1ccccc1C. The van der Waals surface area contributed by atoms with E-state index >= 15 is 0 Å². The molecule has 0 amide bonds. The van der Waals surface area contributed by atoms with Crippen molar-refractivity contribution in [2.45, 2.75) is 39.3 Å². The fourth-order valence-electron chi connectivity index (χ4n) is 1.48. The Hall–Kier alpha value is -0.860. The lowest BCUT2D eigenvalue weighted by Crippen LogP contribution is -2.21. The second kappa shape index (κ2) is 5.89. The molecule has 2 N–H and O–H groups in total. The quantitative estimate of drug-likeness (QED) is 0.805. The average molecular weight is 207 g/mol. The maximum absolute atomic E-state index is 6.07. The summed E-state index contributed by atoms with van der Waals surface area (Å²) in [6.45, 7) is 6.87. The monoisotopic (exact) mass is 207 g/mol. The second-order valence-corrected chi connectivity index (χ2v) is 4.02. The van der Waals surface area contributed by atoms with Crippen LogP contribution in [0.2, 0.25) is 0 Å². The van der Waals surface area contributed by atoms with Gasteiger partial charge in [0.2, 0.25) is 0 Å². The van der Waals surface area contributed by atoms with Gasteiger partial charge in [0.05, 0.1) is 18.8 Å². The van der Waals surface area contributed by atoms with Crippen molar-refractivity contribution in [2.75, 3.05) is 6.61 Å². The summed E-state index contributed by atoms with van der Waals surface area (Å²) in [4.78, 5) is 0. The molecule has 0 aliphatic heterocycles. The van der Waals surface area contributed by atoms with Gasteiger partial charge in [-0.3, -0.25) is 0 Å². The van der Waals surface area contributed by atoms with Crippen LogP contribution in [0.3, 0.4) is 0 Å². The Kier molecular flexibility index (Phi) is 4.79. The third-order valence-corrected chi connectivity index (χ3v) is 2.72. The summed E-state index contributed by atoms with van der Waals surface area (Å²) in [5, 5.41) is 0. The van der Waals surface area contributed by atoms with Crippen molar-refractivity contribution in [3.8, 4) is 0 Å². The van der Waals surface area contributed by atoms with E-state index in [1.165, 1.54) is 11.1 Å². The first-order valence-electron chi connectivity index (χ1n) is 5.57. The molecule has 2 nitrogen and oxygen atoms in total. The summed E-state index contributed by atoms with van der Waals surface area (Å²) >= 11 is 0. The largest absolute Gasteiger partial charge is 0.377 e. The Morgan fingerprint density at radius 1 is 1.33 bits per heavy atom. The molecule has 0 spiro atoms. The van der Waals surface area contributed by atoms with Crippen LogP contribution >= 0.6 is 0 Å². The zero-order valence-corrected chi connectivity index (χ0v) is 9.86. The van der Waals surface area contributed by atoms with E-state index < -0.39 is 0 Å². The van der Waals surface area contributed by atoms with E-state index in [0.29, 0.717) is 12.7 Å². The van der Waals surface area contributed by atoms with Crippen LogP contribution in [0.4, 0.5) is 0 Å². The zero-order valence-electron chi connectivity index (χ0n) is 9.86. The molecule has 0 saturated heterocycles. The van der Waals surface area contributed by atoms with Crippen molar-refractivity contribution in [1.82, 2.24) is 0 Å². The molecule has 0 heterocycles. The van der Waals surface area contributed by atoms with Crippen molar-refractivity contribution in [1.29, 1.82) is 0 Å². The lowest BCUT2D eigenvalue weighted by Gasteiger charge is -2.17. The van der Waals surface area contributed by atoms with E-state index in [-0.39, 0.29) is 6.04 Å². The molecule has 0 saturated carbocycles. The molecule has 0 aliphatic rings. The highest BCUT2D eigenvalue weighted by Crippen LogP contribution is 2.16. The van der Waals surface area contributed by atoms with Crippen LogP contribution in [-0.4, -0.2) is 12.7 Å². The number of aryl methyl sites for hydroxylation is 1. The van der Waals surface area contributed by atoms with Crippen LogP contribution in [0.15, 0.2) is 24.3 Å². The van der Waals surface area contributed by atoms with Crippen LogP contribution in [0.25, 0.3) is 0 Å². The first-order chi connectivity index (χ1) is 7.15. The van der Waals surface area contributed by atoms with Crippen LogP contribution in [0.5, 0.6) is 0 Å². The molecule has 15 heavy (non-hydrogen) atoms. The topological polar surface area (TPSA) is 35.2 Å². The first-order valence-corrected chi connectivity index (χ1v) is 5.57. The number of rotatable bonds is 5. The smallest absolute Gasteiger partial charge is 0.0663 e. The lowest BCUT2D eigenvalue weighted by molar-refractivity contribution is 0.0538. The number of nitrogens with two attached hydrogens (primary N) is 1. The van der Waals surface area contributed by atoms with E-state index in [1.807, 2.05) is 12.1 Å². The fourth-order valence-corrected chi connectivity index (χ4v) is 1.48. The molecule has 1 aromatic carbocycles. The minimum absolute atomic E-state index is 0.0137. The Morgan fingerprint density at radius 2 is 2.00 bits per heavy atom. The maximum atomic E-state index is 6.07. The molecule has 0 fully saturated rings. The summed E-state index contributed by atoms with van der Waals surface area (Å²) in [6, 6.07) is 8.19. The third-order valence-electron chi connectivity index (χ3n) is 2.72. The third kappa shape index (κ3) is 3.65. The second-order valence-electron chi connectivity index (χ2n) is 4.02. The van der Waals surface area contributed by atoms with Gasteiger partial charge in [0, 0.05) is 0 Å². The molecular formula is C13H21NO. The Balaban J connectivity index is 2.54. The van der Waals surface area contributed by atoms with Gasteiger partial charge in [0.15, 0.2) is 0 Å². The molecular weight excluding hydrogens is 186 g/mol. The van der Waals surface area contributed by atoms with Gasteiger partial charge in [-0.1, -0.05) is 31.2 Å². The molecule has 2 unspecified atom stereocenters. The molecule has 0 bridgehead atoms. The molecule has 2 atom stereocenters. The molecule has 1 aromatic rings. The molecule has 0 radical (unpaired) electrons. The van der Waals surface area contributed by atoms with Crippen molar-refractivity contribution < 1.29 is 4.74 Å². The highest BCUT2D eigenvalue weighted by atomic mass is 16.5. The standard InChI is InChI=1S/C13H21NO/c1-4-11(3)15-9-13(14)12-8-6-5-7-10(12)2/h5-8,11,13H,4,9,14H2,1-3H3. The lowest BCUT2D eigenvalue weighted by atomic mass is 10.0. The summed E-state index contributed by atoms with van der Waals surface area (Å²) in [5.74, 6) is 0. The summed E-state index contributed by atoms with van der Waals surface area (Å²) in [5.41, 5.74) is 8.49. The van der Waals surface area contributed by atoms with Crippen molar-refractivity contribution >= 4 is 0 Å². The Morgan fingerprint density at radius 3 is 2.60 bits per heavy atom. The van der Waals surface area contributed by atoms with Gasteiger partial charge < -0.3 is 10.5 Å². The van der Waals surface area contributed by atoms with Crippen molar-refractivity contribution in [3.63, 3.8) is 0 Å². The molecule has 2 heteroatoms. The van der Waals surface area contributed by atoms with Gasteiger partial charge in [0.25, 0.3) is 0 Å². The van der Waals surface area contributed by atoms with Crippen LogP contribution in [-0.2, 0) is 4.74 Å². The predicted octanol–water partition coefficient (Wildman–Crippen LogP) is 2.81. The summed E-state index contributed by atoms with van der Waals surface area (Å²) < 4.78 is 5.64. The number of hydrogen-bond acceptors (Lipinski definition) is 2. The molecule has 1 rings (SSSR count). The van der Waals surface area contributed by atoms with Crippen LogP contribution < -0.4 is 5.73 Å². The molecule has 0 aromatic heterocycles. The molecule has 0 aliphatic carbocycles. The Bertz CT molecular complexity index is 298. The number of hydrogen-bond donors (Lipinski definition) is 1. The van der Waals surface area contributed by atoms with Gasteiger partial charge in [-0.05, 0) is 31.4 Å². The number of benzene rings is 1. The fraction of sp³-hybridized carbons (Fsp3) is 0.538. The van der Waals surface area contributed by atoms with Gasteiger partial charge in [0.1, 0.15) is 0 Å². The predicted molar refractivity (Wildman–Crippen MR) is 63.8 cm³/mol. The van der Waals surface area contributed by atoms with E-state index in [2.05, 4.69) is 32.9 Å². The molecule has 84 valence electrons. The summed E-state index contributed by atoms with van der Waals surface area (Å²) in [6.07, 6.45) is 1.32. The first kappa shape index (κ1) is 12.2. The number of ether oxygens (including phenoxy) is 1. The van der Waals surface area contributed by atoms with Gasteiger partial charge >= 0.3 is 0 Å². The minimum Gasteiger partial charge on any atom is -0.377 e. The highest BCUT2D eigenvalue weighted by Gasteiger charge is 2.09. The highest BCUT2D eigenvalue weighted by molar-refractivity contribution is 5.28. The Labute approximate surface area is 92.4 Å². The van der Waals surface area contributed by atoms with E-state index in [0.717, 1.165) is 6.42 Å². The van der Waals surface area contributed by atoms with Gasteiger partial charge in [-0.2, -0.15) is 0 Å². The zero-order chi connectivity index (χ0) is 11.3. The van der Waals surface area contributed by atoms with Crippen molar-refractivity contribution in [2.24, 2.45) is 5.73 Å².